The second kappa shape index (κ2) is 6.58. The Bertz CT molecular complexity index is 607. The normalized spacial score (nSPS) is 20.6. The molecule has 7 nitrogen and oxygen atoms in total. The minimum absolute atomic E-state index is 0.186. The Morgan fingerprint density at radius 1 is 1.36 bits per heavy atom. The summed E-state index contributed by atoms with van der Waals surface area (Å²) in [5, 5.41) is 8.25. The van der Waals surface area contributed by atoms with E-state index in [0.29, 0.717) is 5.82 Å². The van der Waals surface area contributed by atoms with E-state index in [-0.39, 0.29) is 6.04 Å². The van der Waals surface area contributed by atoms with Crippen LogP contribution in [0.15, 0.2) is 16.8 Å². The molecule has 1 fully saturated rings. The van der Waals surface area contributed by atoms with Gasteiger partial charge in [0.2, 0.25) is 5.89 Å². The fraction of sp³-hybridized carbons (Fsp3) is 0.667. The second-order valence-corrected chi connectivity index (χ2v) is 5.87. The van der Waals surface area contributed by atoms with Crippen LogP contribution < -0.4 is 0 Å². The molecule has 3 heterocycles. The van der Waals surface area contributed by atoms with Gasteiger partial charge in [-0.1, -0.05) is 5.16 Å². The lowest BCUT2D eigenvalue weighted by molar-refractivity contribution is 0.0763. The number of hydrogen-bond acceptors (Lipinski definition) is 6. The third-order valence-electron chi connectivity index (χ3n) is 4.35. The van der Waals surface area contributed by atoms with Crippen LogP contribution in [0.4, 0.5) is 0 Å². The molecule has 22 heavy (non-hydrogen) atoms. The smallest absolute Gasteiger partial charge is 0.245 e. The number of rotatable bonds is 5. The van der Waals surface area contributed by atoms with Gasteiger partial charge in [-0.25, -0.2) is 0 Å². The van der Waals surface area contributed by atoms with Crippen LogP contribution in [0.25, 0.3) is 0 Å². The van der Waals surface area contributed by atoms with Crippen LogP contribution >= 0.6 is 0 Å². The predicted octanol–water partition coefficient (Wildman–Crippen LogP) is 1.13. The van der Waals surface area contributed by atoms with E-state index in [1.165, 1.54) is 5.69 Å². The standard InChI is InChI=1S/C15H24N6O/c1-4-21-13(5-7-16-21)6-8-20-10-9-19(3)14(11-20)15-17-12(2)18-22-15/h5,7,14H,4,6,8-11H2,1-3H3/t14-/m1/s1. The third-order valence-corrected chi connectivity index (χ3v) is 4.35. The Labute approximate surface area is 130 Å². The minimum Gasteiger partial charge on any atom is -0.338 e. The summed E-state index contributed by atoms with van der Waals surface area (Å²) in [5.74, 6) is 1.43. The average Bonchev–Trinajstić information content (AvgIpc) is 3.14. The number of hydrogen-bond donors (Lipinski definition) is 0. The van der Waals surface area contributed by atoms with E-state index in [1.54, 1.807) is 0 Å². The molecule has 0 aromatic carbocycles. The summed E-state index contributed by atoms with van der Waals surface area (Å²) in [4.78, 5) is 9.16. The molecule has 0 saturated carbocycles. The largest absolute Gasteiger partial charge is 0.338 e. The Morgan fingerprint density at radius 3 is 2.95 bits per heavy atom. The van der Waals surface area contributed by atoms with Gasteiger partial charge in [0, 0.05) is 51.0 Å². The highest BCUT2D eigenvalue weighted by atomic mass is 16.5. The number of aromatic nitrogens is 4. The van der Waals surface area contributed by atoms with Crippen molar-refractivity contribution in [3.63, 3.8) is 0 Å². The van der Waals surface area contributed by atoms with Crippen molar-refractivity contribution in [1.82, 2.24) is 29.7 Å². The summed E-state index contributed by atoms with van der Waals surface area (Å²) in [5.41, 5.74) is 1.30. The molecule has 0 amide bonds. The van der Waals surface area contributed by atoms with Crippen molar-refractivity contribution in [3.8, 4) is 0 Å². The first-order valence-electron chi connectivity index (χ1n) is 7.91. The Hall–Kier alpha value is -1.73. The van der Waals surface area contributed by atoms with Gasteiger partial charge < -0.3 is 4.52 Å². The molecule has 1 aliphatic heterocycles. The molecule has 3 rings (SSSR count). The van der Waals surface area contributed by atoms with E-state index in [1.807, 2.05) is 13.1 Å². The van der Waals surface area contributed by atoms with Crippen molar-refractivity contribution in [2.75, 3.05) is 33.2 Å². The van der Waals surface area contributed by atoms with Crippen molar-refractivity contribution in [2.24, 2.45) is 0 Å². The topological polar surface area (TPSA) is 63.2 Å². The molecular formula is C15H24N6O. The van der Waals surface area contributed by atoms with Crippen LogP contribution in [0, 0.1) is 6.92 Å². The van der Waals surface area contributed by atoms with E-state index in [4.69, 9.17) is 4.52 Å². The van der Waals surface area contributed by atoms with Crippen LogP contribution in [0.3, 0.4) is 0 Å². The van der Waals surface area contributed by atoms with Gasteiger partial charge in [-0.15, -0.1) is 0 Å². The molecule has 1 atom stereocenters. The van der Waals surface area contributed by atoms with Gasteiger partial charge >= 0.3 is 0 Å². The molecule has 0 N–H and O–H groups in total. The molecule has 2 aromatic rings. The Kier molecular flexibility index (Phi) is 4.54. The molecule has 0 radical (unpaired) electrons. The highest BCUT2D eigenvalue weighted by Gasteiger charge is 2.29. The zero-order chi connectivity index (χ0) is 15.5. The molecular weight excluding hydrogens is 280 g/mol. The third kappa shape index (κ3) is 3.20. The van der Waals surface area contributed by atoms with Crippen LogP contribution in [-0.4, -0.2) is 62.9 Å². The van der Waals surface area contributed by atoms with Gasteiger partial charge in [0.15, 0.2) is 5.82 Å². The molecule has 7 heteroatoms. The Balaban J connectivity index is 1.61. The van der Waals surface area contributed by atoms with Gasteiger partial charge in [-0.3, -0.25) is 14.5 Å². The van der Waals surface area contributed by atoms with Gasteiger partial charge in [0.25, 0.3) is 0 Å². The summed E-state index contributed by atoms with van der Waals surface area (Å²) < 4.78 is 7.43. The van der Waals surface area contributed by atoms with E-state index in [2.05, 4.69) is 49.8 Å². The summed E-state index contributed by atoms with van der Waals surface area (Å²) in [6.07, 6.45) is 2.90. The zero-order valence-electron chi connectivity index (χ0n) is 13.6. The fourth-order valence-corrected chi connectivity index (χ4v) is 2.98. The van der Waals surface area contributed by atoms with E-state index >= 15 is 0 Å². The summed E-state index contributed by atoms with van der Waals surface area (Å²) >= 11 is 0. The van der Waals surface area contributed by atoms with Gasteiger partial charge in [-0.2, -0.15) is 10.1 Å². The van der Waals surface area contributed by atoms with E-state index in [9.17, 15) is 0 Å². The summed E-state index contributed by atoms with van der Waals surface area (Å²) in [6.45, 7) is 8.95. The van der Waals surface area contributed by atoms with Crippen molar-refractivity contribution >= 4 is 0 Å². The Morgan fingerprint density at radius 2 is 2.23 bits per heavy atom. The highest BCUT2D eigenvalue weighted by molar-refractivity contribution is 5.02. The van der Waals surface area contributed by atoms with Gasteiger partial charge in [0.05, 0.1) is 0 Å². The van der Waals surface area contributed by atoms with Crippen LogP contribution in [0.2, 0.25) is 0 Å². The molecule has 0 spiro atoms. The highest BCUT2D eigenvalue weighted by Crippen LogP contribution is 2.22. The van der Waals surface area contributed by atoms with Crippen molar-refractivity contribution < 1.29 is 4.52 Å². The monoisotopic (exact) mass is 304 g/mol. The molecule has 120 valence electrons. The zero-order valence-corrected chi connectivity index (χ0v) is 13.6. The van der Waals surface area contributed by atoms with E-state index in [0.717, 1.165) is 45.0 Å². The van der Waals surface area contributed by atoms with E-state index < -0.39 is 0 Å². The molecule has 0 aliphatic carbocycles. The van der Waals surface area contributed by atoms with Gasteiger partial charge in [-0.05, 0) is 27.0 Å². The maximum Gasteiger partial charge on any atom is 0.245 e. The lowest BCUT2D eigenvalue weighted by Crippen LogP contribution is -2.47. The molecule has 1 saturated heterocycles. The molecule has 0 bridgehead atoms. The van der Waals surface area contributed by atoms with Gasteiger partial charge in [0.1, 0.15) is 6.04 Å². The maximum absolute atomic E-state index is 5.37. The summed E-state index contributed by atoms with van der Waals surface area (Å²) in [6, 6.07) is 2.30. The molecule has 1 aliphatic rings. The SMILES string of the molecule is CCn1nccc1CCN1CCN(C)[C@@H](c2nc(C)no2)C1. The number of aryl methyl sites for hydroxylation is 2. The lowest BCUT2D eigenvalue weighted by atomic mass is 10.1. The maximum atomic E-state index is 5.37. The van der Waals surface area contributed by atoms with Crippen LogP contribution in [0.5, 0.6) is 0 Å². The predicted molar refractivity (Wildman–Crippen MR) is 82.5 cm³/mol. The fourth-order valence-electron chi connectivity index (χ4n) is 2.98. The number of nitrogens with zero attached hydrogens (tertiary/aromatic N) is 6. The second-order valence-electron chi connectivity index (χ2n) is 5.87. The van der Waals surface area contributed by atoms with Crippen LogP contribution in [0.1, 0.15) is 30.4 Å². The van der Waals surface area contributed by atoms with Crippen molar-refractivity contribution in [1.29, 1.82) is 0 Å². The number of likely N-dealkylation sites (N-methyl/N-ethyl adjacent to an activating group) is 1. The van der Waals surface area contributed by atoms with Crippen molar-refractivity contribution in [2.45, 2.75) is 32.9 Å². The first-order chi connectivity index (χ1) is 10.7. The minimum atomic E-state index is 0.186. The summed E-state index contributed by atoms with van der Waals surface area (Å²) in [7, 11) is 2.12. The van der Waals surface area contributed by atoms with Crippen molar-refractivity contribution in [3.05, 3.63) is 29.7 Å². The molecule has 2 aromatic heterocycles. The van der Waals surface area contributed by atoms with Crippen LogP contribution in [-0.2, 0) is 13.0 Å². The number of piperazine rings is 1. The average molecular weight is 304 g/mol. The first-order valence-corrected chi connectivity index (χ1v) is 7.91. The lowest BCUT2D eigenvalue weighted by Gasteiger charge is -2.37. The molecule has 0 unspecified atom stereocenters. The first kappa shape index (κ1) is 15.2. The quantitative estimate of drug-likeness (QED) is 0.825.